The molecule has 0 bridgehead atoms. The Morgan fingerprint density at radius 2 is 1.97 bits per heavy atom. The van der Waals surface area contributed by atoms with Gasteiger partial charge >= 0.3 is 6.09 Å². The summed E-state index contributed by atoms with van der Waals surface area (Å²) < 4.78 is 14.9. The normalized spacial score (nSPS) is 12.4. The van der Waals surface area contributed by atoms with Gasteiger partial charge in [-0.1, -0.05) is 17.3 Å². The largest absolute Gasteiger partial charge is 0.465 e. The number of aromatic nitrogens is 3. The van der Waals surface area contributed by atoms with E-state index in [-0.39, 0.29) is 18.3 Å². The lowest BCUT2D eigenvalue weighted by molar-refractivity contribution is 0.0824. The number of amides is 2. The Balaban J connectivity index is 1.81. The smallest absolute Gasteiger partial charge is 0.407 e. The second-order valence-corrected chi connectivity index (χ2v) is 9.42. The fourth-order valence-electron chi connectivity index (χ4n) is 3.32. The van der Waals surface area contributed by atoms with Crippen LogP contribution in [0.15, 0.2) is 41.9 Å². The van der Waals surface area contributed by atoms with E-state index >= 15 is 0 Å². The van der Waals surface area contributed by atoms with Gasteiger partial charge in [0, 0.05) is 30.1 Å². The number of carbonyl (C=O) groups excluding carboxylic acids is 1. The number of carbonyl (C=O) groups is 2. The summed E-state index contributed by atoms with van der Waals surface area (Å²) >= 11 is 1.29. The number of hydrogen-bond donors (Lipinski definition) is 2. The van der Waals surface area contributed by atoms with Crippen LogP contribution in [-0.2, 0) is 13.5 Å². The molecule has 0 aliphatic heterocycles. The van der Waals surface area contributed by atoms with Crippen LogP contribution in [0.3, 0.4) is 0 Å². The van der Waals surface area contributed by atoms with Gasteiger partial charge in [-0.3, -0.25) is 4.79 Å². The van der Waals surface area contributed by atoms with Crippen LogP contribution in [0.2, 0.25) is 0 Å². The fraction of sp³-hybridized carbons (Fsp3) is 0.364. The zero-order chi connectivity index (χ0) is 23.5. The summed E-state index contributed by atoms with van der Waals surface area (Å²) in [5.74, 6) is -0.658. The standard InChI is InChI=1S/C22H26FN5O3S/c1-22(2,3)28(21(30)31)12-17(9-14-5-7-16(23)8-6-14)25-20(29)19-10-15(13-32-19)18-11-24-26-27(18)4/h5-8,10-11,13,17H,9,12H2,1-4H3,(H,25,29)(H,30,31)/t17-/m0/s1. The monoisotopic (exact) mass is 459 g/mol. The molecule has 0 radical (unpaired) electrons. The van der Waals surface area contributed by atoms with Crippen LogP contribution < -0.4 is 5.32 Å². The van der Waals surface area contributed by atoms with Gasteiger partial charge in [-0.15, -0.1) is 16.4 Å². The number of nitrogens with zero attached hydrogens (tertiary/aromatic N) is 4. The molecule has 0 aliphatic rings. The third-order valence-corrected chi connectivity index (χ3v) is 5.94. The number of hydrogen-bond acceptors (Lipinski definition) is 5. The van der Waals surface area contributed by atoms with Gasteiger partial charge in [-0.2, -0.15) is 0 Å². The van der Waals surface area contributed by atoms with Crippen LogP contribution in [0.5, 0.6) is 0 Å². The lowest BCUT2D eigenvalue weighted by Gasteiger charge is -2.36. The zero-order valence-corrected chi connectivity index (χ0v) is 19.2. The number of carboxylic acid groups (broad SMARTS) is 1. The lowest BCUT2D eigenvalue weighted by atomic mass is 10.0. The molecule has 0 saturated carbocycles. The molecule has 32 heavy (non-hydrogen) atoms. The summed E-state index contributed by atoms with van der Waals surface area (Å²) in [7, 11) is 1.77. The molecule has 170 valence electrons. The van der Waals surface area contributed by atoms with Crippen molar-refractivity contribution in [1.29, 1.82) is 0 Å². The molecule has 3 aromatic rings. The van der Waals surface area contributed by atoms with Crippen molar-refractivity contribution in [3.63, 3.8) is 0 Å². The molecule has 8 nitrogen and oxygen atoms in total. The first-order valence-corrected chi connectivity index (χ1v) is 10.9. The minimum atomic E-state index is -1.07. The minimum absolute atomic E-state index is 0.0891. The van der Waals surface area contributed by atoms with Gasteiger partial charge in [0.15, 0.2) is 0 Å². The molecule has 0 aliphatic carbocycles. The number of halogens is 1. The van der Waals surface area contributed by atoms with Crippen molar-refractivity contribution in [3.05, 3.63) is 58.2 Å². The molecule has 1 aromatic carbocycles. The molecule has 2 N–H and O–H groups in total. The molecule has 3 rings (SSSR count). The van der Waals surface area contributed by atoms with E-state index in [9.17, 15) is 19.1 Å². The summed E-state index contributed by atoms with van der Waals surface area (Å²) in [4.78, 5) is 26.6. The van der Waals surface area contributed by atoms with E-state index < -0.39 is 17.7 Å². The molecule has 10 heteroatoms. The van der Waals surface area contributed by atoms with Crippen molar-refractivity contribution in [2.45, 2.75) is 38.8 Å². The third-order valence-electron chi connectivity index (χ3n) is 5.01. The Hall–Kier alpha value is -3.27. The fourth-order valence-corrected chi connectivity index (χ4v) is 4.13. The minimum Gasteiger partial charge on any atom is -0.465 e. The molecule has 2 aromatic heterocycles. The van der Waals surface area contributed by atoms with Gasteiger partial charge in [-0.05, 0) is 51.0 Å². The van der Waals surface area contributed by atoms with Gasteiger partial charge in [0.05, 0.1) is 22.8 Å². The van der Waals surface area contributed by atoms with E-state index in [1.54, 1.807) is 56.9 Å². The summed E-state index contributed by atoms with van der Waals surface area (Å²) in [5, 5.41) is 22.3. The average Bonchev–Trinajstić information content (AvgIpc) is 3.35. The number of thiophene rings is 1. The summed E-state index contributed by atoms with van der Waals surface area (Å²) in [6, 6.07) is 7.21. The molecule has 1 atom stereocenters. The number of nitrogens with one attached hydrogen (secondary N) is 1. The molecule has 0 fully saturated rings. The highest BCUT2D eigenvalue weighted by Gasteiger charge is 2.30. The molecule has 2 heterocycles. The number of rotatable bonds is 7. The van der Waals surface area contributed by atoms with Crippen molar-refractivity contribution in [3.8, 4) is 11.3 Å². The number of aryl methyl sites for hydroxylation is 1. The maximum Gasteiger partial charge on any atom is 0.407 e. The Bertz CT molecular complexity index is 1090. The van der Waals surface area contributed by atoms with E-state index in [1.807, 2.05) is 5.38 Å². The summed E-state index contributed by atoms with van der Waals surface area (Å²) in [6.45, 7) is 5.48. The molecule has 0 spiro atoms. The highest BCUT2D eigenvalue weighted by molar-refractivity contribution is 7.12. The van der Waals surface area contributed by atoms with Crippen molar-refractivity contribution in [2.75, 3.05) is 6.54 Å². The Kier molecular flexibility index (Phi) is 6.93. The second-order valence-electron chi connectivity index (χ2n) is 8.51. The lowest BCUT2D eigenvalue weighted by Crippen LogP contribution is -2.53. The Morgan fingerprint density at radius 3 is 2.53 bits per heavy atom. The van der Waals surface area contributed by atoms with Crippen LogP contribution in [0.25, 0.3) is 11.3 Å². The topological polar surface area (TPSA) is 100 Å². The summed E-state index contributed by atoms with van der Waals surface area (Å²) in [6.07, 6.45) is 0.906. The molecule has 0 unspecified atom stereocenters. The van der Waals surface area contributed by atoms with Crippen molar-refractivity contribution < 1.29 is 19.1 Å². The first-order valence-electron chi connectivity index (χ1n) is 10.0. The van der Waals surface area contributed by atoms with Gasteiger partial charge in [-0.25, -0.2) is 13.9 Å². The predicted octanol–water partition coefficient (Wildman–Crippen LogP) is 3.80. The molecule has 0 saturated heterocycles. The van der Waals surface area contributed by atoms with Crippen LogP contribution in [-0.4, -0.2) is 55.1 Å². The Morgan fingerprint density at radius 1 is 1.28 bits per heavy atom. The van der Waals surface area contributed by atoms with Gasteiger partial charge in [0.25, 0.3) is 5.91 Å². The van der Waals surface area contributed by atoms with Crippen LogP contribution in [0.1, 0.15) is 36.0 Å². The van der Waals surface area contributed by atoms with E-state index in [0.29, 0.717) is 11.3 Å². The van der Waals surface area contributed by atoms with Gasteiger partial charge in [0.2, 0.25) is 0 Å². The highest BCUT2D eigenvalue weighted by Crippen LogP contribution is 2.25. The molecular formula is C22H26FN5O3S. The van der Waals surface area contributed by atoms with Crippen molar-refractivity contribution in [2.24, 2.45) is 7.05 Å². The highest BCUT2D eigenvalue weighted by atomic mass is 32.1. The van der Waals surface area contributed by atoms with E-state index in [1.165, 1.54) is 28.4 Å². The first kappa shape index (κ1) is 23.4. The second kappa shape index (κ2) is 9.47. The molecule has 2 amide bonds. The van der Waals surface area contributed by atoms with Crippen molar-refractivity contribution in [1.82, 2.24) is 25.2 Å². The van der Waals surface area contributed by atoms with Crippen LogP contribution in [0, 0.1) is 5.82 Å². The zero-order valence-electron chi connectivity index (χ0n) is 18.4. The number of benzene rings is 1. The van der Waals surface area contributed by atoms with E-state index in [4.69, 9.17) is 0 Å². The summed E-state index contributed by atoms with van der Waals surface area (Å²) in [5.41, 5.74) is 1.75. The van der Waals surface area contributed by atoms with Gasteiger partial charge in [0.1, 0.15) is 5.82 Å². The molecular weight excluding hydrogens is 433 g/mol. The predicted molar refractivity (Wildman–Crippen MR) is 120 cm³/mol. The van der Waals surface area contributed by atoms with Gasteiger partial charge < -0.3 is 15.3 Å². The third kappa shape index (κ3) is 5.70. The Labute approximate surface area is 189 Å². The van der Waals surface area contributed by atoms with Crippen LogP contribution >= 0.6 is 11.3 Å². The van der Waals surface area contributed by atoms with E-state index in [2.05, 4.69) is 15.6 Å². The van der Waals surface area contributed by atoms with E-state index in [0.717, 1.165) is 16.8 Å². The first-order chi connectivity index (χ1) is 15.0. The van der Waals surface area contributed by atoms with Crippen molar-refractivity contribution >= 4 is 23.3 Å². The quantitative estimate of drug-likeness (QED) is 0.560. The average molecular weight is 460 g/mol. The van der Waals surface area contributed by atoms with Crippen LogP contribution in [0.4, 0.5) is 9.18 Å². The maximum atomic E-state index is 13.3. The SMILES string of the molecule is Cn1nncc1-c1csc(C(=O)N[C@@H](Cc2ccc(F)cc2)CN(C(=O)O)C(C)(C)C)c1. The maximum absolute atomic E-state index is 13.3.